The Morgan fingerprint density at radius 1 is 1.42 bits per heavy atom. The Morgan fingerprint density at radius 2 is 2.05 bits per heavy atom. The summed E-state index contributed by atoms with van der Waals surface area (Å²) in [7, 11) is 0. The first-order valence-electron chi connectivity index (χ1n) is 6.80. The Kier molecular flexibility index (Phi) is 5.56. The molecule has 3 nitrogen and oxygen atoms in total. The summed E-state index contributed by atoms with van der Waals surface area (Å²) in [5, 5.41) is 5.15. The van der Waals surface area contributed by atoms with Gasteiger partial charge in [-0.15, -0.1) is 11.3 Å². The van der Waals surface area contributed by atoms with Crippen molar-refractivity contribution in [3.8, 4) is 0 Å². The van der Waals surface area contributed by atoms with Gasteiger partial charge in [-0.1, -0.05) is 40.7 Å². The van der Waals surface area contributed by atoms with Crippen LogP contribution in [0.1, 0.15) is 52.0 Å². The predicted octanol–water partition coefficient (Wildman–Crippen LogP) is 3.32. The SMILES string of the molecule is CC(C)C(NC(=O)CC(N)C(C)(C)C)c1cccs1. The molecular weight excluding hydrogens is 256 g/mol. The van der Waals surface area contributed by atoms with Crippen LogP contribution in [-0.4, -0.2) is 11.9 Å². The number of amides is 1. The van der Waals surface area contributed by atoms with Crippen LogP contribution in [0.15, 0.2) is 17.5 Å². The standard InChI is InChI=1S/C15H26N2OS/c1-10(2)14(11-7-6-8-19-11)17-13(18)9-12(16)15(3,4)5/h6-8,10,12,14H,9,16H2,1-5H3,(H,17,18). The minimum atomic E-state index is -0.122. The zero-order valence-corrected chi connectivity index (χ0v) is 13.4. The molecule has 0 saturated carbocycles. The highest BCUT2D eigenvalue weighted by Gasteiger charge is 2.25. The first-order valence-corrected chi connectivity index (χ1v) is 7.68. The van der Waals surface area contributed by atoms with E-state index < -0.39 is 0 Å². The Labute approximate surface area is 120 Å². The van der Waals surface area contributed by atoms with Gasteiger partial charge in [0.15, 0.2) is 0 Å². The Bertz CT molecular complexity index is 393. The second kappa shape index (κ2) is 6.53. The van der Waals surface area contributed by atoms with Crippen LogP contribution in [0.4, 0.5) is 0 Å². The van der Waals surface area contributed by atoms with Crippen molar-refractivity contribution < 1.29 is 4.79 Å². The average Bonchev–Trinajstić information content (AvgIpc) is 2.77. The van der Waals surface area contributed by atoms with Crippen molar-refractivity contribution in [2.75, 3.05) is 0 Å². The lowest BCUT2D eigenvalue weighted by Crippen LogP contribution is -2.41. The molecule has 19 heavy (non-hydrogen) atoms. The molecule has 0 aliphatic carbocycles. The highest BCUT2D eigenvalue weighted by molar-refractivity contribution is 7.10. The summed E-state index contributed by atoms with van der Waals surface area (Å²) in [6, 6.07) is 4.05. The number of thiophene rings is 1. The van der Waals surface area contributed by atoms with Gasteiger partial charge in [-0.25, -0.2) is 0 Å². The summed E-state index contributed by atoms with van der Waals surface area (Å²) in [4.78, 5) is 13.3. The third-order valence-electron chi connectivity index (χ3n) is 3.35. The molecule has 0 aliphatic rings. The highest BCUT2D eigenvalue weighted by atomic mass is 32.1. The molecule has 2 unspecified atom stereocenters. The predicted molar refractivity (Wildman–Crippen MR) is 82.1 cm³/mol. The minimum absolute atomic E-state index is 0.0366. The van der Waals surface area contributed by atoms with E-state index in [0.29, 0.717) is 12.3 Å². The average molecular weight is 282 g/mol. The van der Waals surface area contributed by atoms with Crippen LogP contribution in [0, 0.1) is 11.3 Å². The van der Waals surface area contributed by atoms with E-state index in [-0.39, 0.29) is 23.4 Å². The number of nitrogens with one attached hydrogen (secondary N) is 1. The molecule has 108 valence electrons. The lowest BCUT2D eigenvalue weighted by Gasteiger charge is -2.28. The fraction of sp³-hybridized carbons (Fsp3) is 0.667. The number of carbonyl (C=O) groups excluding carboxylic acids is 1. The van der Waals surface area contributed by atoms with Crippen molar-refractivity contribution in [1.29, 1.82) is 0 Å². The van der Waals surface area contributed by atoms with E-state index in [4.69, 9.17) is 5.73 Å². The first kappa shape index (κ1) is 16.2. The maximum absolute atomic E-state index is 12.1. The summed E-state index contributed by atoms with van der Waals surface area (Å²) in [5.41, 5.74) is 6.02. The van der Waals surface area contributed by atoms with Crippen LogP contribution in [0.3, 0.4) is 0 Å². The van der Waals surface area contributed by atoms with E-state index in [1.165, 1.54) is 4.88 Å². The quantitative estimate of drug-likeness (QED) is 0.870. The third-order valence-corrected chi connectivity index (χ3v) is 4.31. The fourth-order valence-corrected chi connectivity index (χ4v) is 2.72. The van der Waals surface area contributed by atoms with E-state index in [2.05, 4.69) is 46.0 Å². The highest BCUT2D eigenvalue weighted by Crippen LogP contribution is 2.26. The molecule has 0 radical (unpaired) electrons. The molecule has 1 rings (SSSR count). The van der Waals surface area contributed by atoms with Crippen molar-refractivity contribution in [3.05, 3.63) is 22.4 Å². The summed E-state index contributed by atoms with van der Waals surface area (Å²) in [6.07, 6.45) is 0.373. The van der Waals surface area contributed by atoms with Crippen LogP contribution >= 0.6 is 11.3 Å². The van der Waals surface area contributed by atoms with Crippen molar-refractivity contribution >= 4 is 17.2 Å². The van der Waals surface area contributed by atoms with Crippen LogP contribution in [-0.2, 0) is 4.79 Å². The maximum Gasteiger partial charge on any atom is 0.222 e. The summed E-state index contributed by atoms with van der Waals surface area (Å²) < 4.78 is 0. The first-order chi connectivity index (χ1) is 8.71. The largest absolute Gasteiger partial charge is 0.348 e. The van der Waals surface area contributed by atoms with E-state index >= 15 is 0 Å². The Hall–Kier alpha value is -0.870. The van der Waals surface area contributed by atoms with Gasteiger partial charge in [-0.3, -0.25) is 4.79 Å². The van der Waals surface area contributed by atoms with E-state index in [0.717, 1.165) is 0 Å². The number of hydrogen-bond acceptors (Lipinski definition) is 3. The van der Waals surface area contributed by atoms with Gasteiger partial charge in [0, 0.05) is 17.3 Å². The van der Waals surface area contributed by atoms with Gasteiger partial charge in [-0.05, 0) is 22.8 Å². The molecule has 0 saturated heterocycles. The Morgan fingerprint density at radius 3 is 2.47 bits per heavy atom. The van der Waals surface area contributed by atoms with E-state index in [1.807, 2.05) is 11.4 Å². The van der Waals surface area contributed by atoms with Gasteiger partial charge in [-0.2, -0.15) is 0 Å². The topological polar surface area (TPSA) is 55.1 Å². The summed E-state index contributed by atoms with van der Waals surface area (Å²) >= 11 is 1.68. The Balaban J connectivity index is 2.63. The van der Waals surface area contributed by atoms with Gasteiger partial charge in [0.2, 0.25) is 5.91 Å². The second-order valence-electron chi connectivity index (χ2n) is 6.48. The van der Waals surface area contributed by atoms with Crippen LogP contribution in [0.25, 0.3) is 0 Å². The van der Waals surface area contributed by atoms with Crippen LogP contribution in [0.2, 0.25) is 0 Å². The van der Waals surface area contributed by atoms with Gasteiger partial charge in [0.25, 0.3) is 0 Å². The van der Waals surface area contributed by atoms with Crippen LogP contribution in [0.5, 0.6) is 0 Å². The number of nitrogens with two attached hydrogens (primary N) is 1. The second-order valence-corrected chi connectivity index (χ2v) is 7.46. The smallest absolute Gasteiger partial charge is 0.222 e. The molecule has 1 amide bonds. The van der Waals surface area contributed by atoms with Gasteiger partial charge in [0.05, 0.1) is 6.04 Å². The zero-order valence-electron chi connectivity index (χ0n) is 12.6. The van der Waals surface area contributed by atoms with Crippen LogP contribution < -0.4 is 11.1 Å². The molecule has 1 heterocycles. The van der Waals surface area contributed by atoms with Gasteiger partial charge < -0.3 is 11.1 Å². The monoisotopic (exact) mass is 282 g/mol. The lowest BCUT2D eigenvalue weighted by atomic mass is 9.85. The summed E-state index contributed by atoms with van der Waals surface area (Å²) in [6.45, 7) is 10.4. The normalized spacial score (nSPS) is 15.3. The van der Waals surface area contributed by atoms with E-state index in [1.54, 1.807) is 11.3 Å². The molecule has 1 aromatic rings. The number of rotatable bonds is 5. The zero-order chi connectivity index (χ0) is 14.6. The maximum atomic E-state index is 12.1. The van der Waals surface area contributed by atoms with Crippen molar-refractivity contribution in [2.24, 2.45) is 17.1 Å². The van der Waals surface area contributed by atoms with Crippen molar-refractivity contribution in [3.63, 3.8) is 0 Å². The third kappa shape index (κ3) is 4.96. The molecule has 0 aromatic carbocycles. The molecule has 3 N–H and O–H groups in total. The number of carbonyl (C=O) groups is 1. The van der Waals surface area contributed by atoms with Crippen molar-refractivity contribution in [1.82, 2.24) is 5.32 Å². The molecule has 0 aliphatic heterocycles. The molecule has 2 atom stereocenters. The fourth-order valence-electron chi connectivity index (χ4n) is 1.77. The van der Waals surface area contributed by atoms with Crippen molar-refractivity contribution in [2.45, 2.75) is 53.1 Å². The molecule has 0 bridgehead atoms. The molecular formula is C15H26N2OS. The van der Waals surface area contributed by atoms with E-state index in [9.17, 15) is 4.79 Å². The summed E-state index contributed by atoms with van der Waals surface area (Å²) in [5.74, 6) is 0.406. The number of hydrogen-bond donors (Lipinski definition) is 2. The minimum Gasteiger partial charge on any atom is -0.348 e. The lowest BCUT2D eigenvalue weighted by molar-refractivity contribution is -0.123. The van der Waals surface area contributed by atoms with Gasteiger partial charge in [0.1, 0.15) is 0 Å². The molecule has 0 spiro atoms. The molecule has 4 heteroatoms. The molecule has 0 fully saturated rings. The molecule has 1 aromatic heterocycles. The van der Waals surface area contributed by atoms with Gasteiger partial charge >= 0.3 is 0 Å².